The van der Waals surface area contributed by atoms with E-state index in [0.29, 0.717) is 27.1 Å². The monoisotopic (exact) mass is 437 g/mol. The van der Waals surface area contributed by atoms with Gasteiger partial charge < -0.3 is 9.47 Å². The number of carbonyl (C=O) groups is 2. The van der Waals surface area contributed by atoms with Gasteiger partial charge in [-0.05, 0) is 58.5 Å². The number of para-hydroxylation sites is 1. The van der Waals surface area contributed by atoms with Crippen LogP contribution in [0.5, 0.6) is 11.5 Å². The molecule has 9 heteroatoms. The summed E-state index contributed by atoms with van der Waals surface area (Å²) in [6.07, 6.45) is 0. The van der Waals surface area contributed by atoms with E-state index < -0.39 is 11.8 Å². The molecule has 0 aliphatic carbocycles. The lowest BCUT2D eigenvalue weighted by atomic mass is 10.2. The molecule has 26 heavy (non-hydrogen) atoms. The molecular weight excluding hydrogens is 422 g/mol. The van der Waals surface area contributed by atoms with Crippen molar-refractivity contribution in [2.45, 2.75) is 0 Å². The van der Waals surface area contributed by atoms with E-state index in [-0.39, 0.29) is 5.11 Å². The Bertz CT molecular complexity index is 845. The van der Waals surface area contributed by atoms with E-state index in [1.54, 1.807) is 42.5 Å². The summed E-state index contributed by atoms with van der Waals surface area (Å²) < 4.78 is 10.9. The topological polar surface area (TPSA) is 88.7 Å². The number of hydrogen-bond acceptors (Lipinski definition) is 5. The second-order valence-electron chi connectivity index (χ2n) is 4.91. The van der Waals surface area contributed by atoms with Gasteiger partial charge in [-0.25, -0.2) is 0 Å². The van der Waals surface area contributed by atoms with E-state index in [2.05, 4.69) is 32.1 Å². The molecule has 2 rings (SSSR count). The molecule has 0 aliphatic heterocycles. The molecule has 0 heterocycles. The SMILES string of the molecule is COc1ccc(C(=O)NC(=S)NNC(=O)c2ccccc2OC)cc1Br. The molecule has 2 amide bonds. The molecule has 3 N–H and O–H groups in total. The summed E-state index contributed by atoms with van der Waals surface area (Å²) in [7, 11) is 3.00. The summed E-state index contributed by atoms with van der Waals surface area (Å²) in [6.45, 7) is 0. The van der Waals surface area contributed by atoms with Gasteiger partial charge in [-0.1, -0.05) is 12.1 Å². The zero-order chi connectivity index (χ0) is 19.1. The molecule has 136 valence electrons. The Morgan fingerprint density at radius 2 is 1.65 bits per heavy atom. The van der Waals surface area contributed by atoms with Crippen LogP contribution >= 0.6 is 28.1 Å². The molecule has 0 unspecified atom stereocenters. The van der Waals surface area contributed by atoms with Crippen molar-refractivity contribution < 1.29 is 19.1 Å². The van der Waals surface area contributed by atoms with Gasteiger partial charge in [-0.15, -0.1) is 0 Å². The predicted octanol–water partition coefficient (Wildman–Crippen LogP) is 2.42. The second-order valence-corrected chi connectivity index (χ2v) is 6.17. The van der Waals surface area contributed by atoms with Crippen molar-refractivity contribution in [3.63, 3.8) is 0 Å². The lowest BCUT2D eigenvalue weighted by molar-refractivity contribution is 0.0932. The second kappa shape index (κ2) is 9.16. The first-order chi connectivity index (χ1) is 12.5. The molecule has 0 atom stereocenters. The van der Waals surface area contributed by atoms with Crippen molar-refractivity contribution in [3.8, 4) is 11.5 Å². The van der Waals surface area contributed by atoms with Crippen LogP contribution in [0.1, 0.15) is 20.7 Å². The standard InChI is InChI=1S/C17H16BrN3O4S/c1-24-13-6-4-3-5-11(13)16(23)20-21-17(26)19-15(22)10-7-8-14(25-2)12(18)9-10/h3-9H,1-2H3,(H,20,23)(H2,19,21,22,26). The van der Waals surface area contributed by atoms with Gasteiger partial charge in [0.15, 0.2) is 5.11 Å². The molecule has 0 spiro atoms. The minimum Gasteiger partial charge on any atom is -0.496 e. The highest BCUT2D eigenvalue weighted by atomic mass is 79.9. The van der Waals surface area contributed by atoms with Gasteiger partial charge in [0, 0.05) is 5.56 Å². The fraction of sp³-hybridized carbons (Fsp3) is 0.118. The first-order valence-corrected chi connectivity index (χ1v) is 8.54. The van der Waals surface area contributed by atoms with Crippen LogP contribution in [0.2, 0.25) is 0 Å². The van der Waals surface area contributed by atoms with Crippen LogP contribution < -0.4 is 25.6 Å². The molecule has 0 saturated heterocycles. The van der Waals surface area contributed by atoms with Gasteiger partial charge >= 0.3 is 0 Å². The molecule has 0 fully saturated rings. The quantitative estimate of drug-likeness (QED) is 0.502. The summed E-state index contributed by atoms with van der Waals surface area (Å²) in [5, 5.41) is 2.42. The van der Waals surface area contributed by atoms with Crippen LogP contribution in [0.25, 0.3) is 0 Å². The third-order valence-electron chi connectivity index (χ3n) is 3.28. The van der Waals surface area contributed by atoms with Crippen molar-refractivity contribution in [1.29, 1.82) is 0 Å². The number of thiocarbonyl (C=S) groups is 1. The highest BCUT2D eigenvalue weighted by Crippen LogP contribution is 2.25. The van der Waals surface area contributed by atoms with E-state index in [1.165, 1.54) is 14.2 Å². The third-order valence-corrected chi connectivity index (χ3v) is 4.11. The first kappa shape index (κ1) is 19.7. The molecule has 0 radical (unpaired) electrons. The van der Waals surface area contributed by atoms with E-state index in [9.17, 15) is 9.59 Å². The summed E-state index contributed by atoms with van der Waals surface area (Å²) in [5.74, 6) is 0.139. The minimum atomic E-state index is -0.453. The zero-order valence-corrected chi connectivity index (χ0v) is 16.4. The number of methoxy groups -OCH3 is 2. The summed E-state index contributed by atoms with van der Waals surface area (Å²) >= 11 is 8.32. The molecule has 2 aromatic rings. The van der Waals surface area contributed by atoms with Crippen LogP contribution in [0.15, 0.2) is 46.9 Å². The number of halogens is 1. The lowest BCUT2D eigenvalue weighted by Gasteiger charge is -2.12. The average Bonchev–Trinajstić information content (AvgIpc) is 2.65. The highest BCUT2D eigenvalue weighted by Gasteiger charge is 2.13. The van der Waals surface area contributed by atoms with Crippen molar-refractivity contribution >= 4 is 45.1 Å². The normalized spacial score (nSPS) is 9.81. The molecule has 0 saturated carbocycles. The summed E-state index contributed by atoms with van der Waals surface area (Å²) in [4.78, 5) is 24.3. The molecule has 2 aromatic carbocycles. The van der Waals surface area contributed by atoms with E-state index in [0.717, 1.165) is 0 Å². The largest absolute Gasteiger partial charge is 0.496 e. The van der Waals surface area contributed by atoms with Crippen molar-refractivity contribution in [2.75, 3.05) is 14.2 Å². The average molecular weight is 438 g/mol. The van der Waals surface area contributed by atoms with E-state index in [1.807, 2.05) is 0 Å². The van der Waals surface area contributed by atoms with Crippen LogP contribution in [0.3, 0.4) is 0 Å². The molecule has 0 bridgehead atoms. The Morgan fingerprint density at radius 3 is 2.31 bits per heavy atom. The van der Waals surface area contributed by atoms with Gasteiger partial charge in [-0.2, -0.15) is 0 Å². The molecular formula is C17H16BrN3O4S. The maximum Gasteiger partial charge on any atom is 0.273 e. The van der Waals surface area contributed by atoms with Gasteiger partial charge in [0.1, 0.15) is 11.5 Å². The van der Waals surface area contributed by atoms with Gasteiger partial charge in [0.05, 0.1) is 24.3 Å². The molecule has 0 aromatic heterocycles. The minimum absolute atomic E-state index is 0.0508. The van der Waals surface area contributed by atoms with E-state index in [4.69, 9.17) is 21.7 Å². The first-order valence-electron chi connectivity index (χ1n) is 7.34. The number of hydrogen-bond donors (Lipinski definition) is 3. The Kier molecular flexibility index (Phi) is 6.93. The zero-order valence-electron chi connectivity index (χ0n) is 14.0. The maximum atomic E-state index is 12.2. The van der Waals surface area contributed by atoms with Crippen molar-refractivity contribution in [1.82, 2.24) is 16.2 Å². The van der Waals surface area contributed by atoms with Crippen LogP contribution in [0, 0.1) is 0 Å². The number of benzene rings is 2. The van der Waals surface area contributed by atoms with Crippen LogP contribution in [0.4, 0.5) is 0 Å². The van der Waals surface area contributed by atoms with Crippen LogP contribution in [-0.2, 0) is 0 Å². The summed E-state index contributed by atoms with van der Waals surface area (Å²) in [6, 6.07) is 11.6. The van der Waals surface area contributed by atoms with Gasteiger partial charge in [0.25, 0.3) is 11.8 Å². The van der Waals surface area contributed by atoms with Crippen molar-refractivity contribution in [3.05, 3.63) is 58.1 Å². The number of ether oxygens (including phenoxy) is 2. The van der Waals surface area contributed by atoms with Gasteiger partial charge in [0.2, 0.25) is 0 Å². The molecule has 0 aliphatic rings. The fourth-order valence-corrected chi connectivity index (χ4v) is 2.71. The van der Waals surface area contributed by atoms with E-state index >= 15 is 0 Å². The number of rotatable bonds is 4. The number of nitrogens with one attached hydrogen (secondary N) is 3. The van der Waals surface area contributed by atoms with Crippen molar-refractivity contribution in [2.24, 2.45) is 0 Å². The Balaban J connectivity index is 1.93. The Labute approximate surface area is 164 Å². The van der Waals surface area contributed by atoms with Crippen LogP contribution in [-0.4, -0.2) is 31.1 Å². The third kappa shape index (κ3) is 4.93. The fourth-order valence-electron chi connectivity index (χ4n) is 2.03. The lowest BCUT2D eigenvalue weighted by Crippen LogP contribution is -2.48. The number of hydrazine groups is 1. The maximum absolute atomic E-state index is 12.2. The van der Waals surface area contributed by atoms with Gasteiger partial charge in [-0.3, -0.25) is 25.8 Å². The number of amides is 2. The number of carbonyl (C=O) groups excluding carboxylic acids is 2. The summed E-state index contributed by atoms with van der Waals surface area (Å²) in [5.41, 5.74) is 5.59. The highest BCUT2D eigenvalue weighted by molar-refractivity contribution is 9.10. The Morgan fingerprint density at radius 1 is 0.962 bits per heavy atom. The smallest absolute Gasteiger partial charge is 0.273 e. The predicted molar refractivity (Wildman–Crippen MR) is 104 cm³/mol. The Hall–Kier alpha value is -2.65. The molecule has 7 nitrogen and oxygen atoms in total.